The third kappa shape index (κ3) is 128. The summed E-state index contributed by atoms with van der Waals surface area (Å²) in [5, 5.41) is 0. The molecule has 0 saturated heterocycles. The summed E-state index contributed by atoms with van der Waals surface area (Å²) in [7, 11) is -4.67. The second-order valence-electron chi connectivity index (χ2n) is 0.448. The molecule has 0 heterocycles. The van der Waals surface area contributed by atoms with Crippen LogP contribution in [0.15, 0.2) is 0 Å². The van der Waals surface area contributed by atoms with Crippen LogP contribution in [-0.2, 0) is 10.4 Å². The van der Waals surface area contributed by atoms with Gasteiger partial charge in [0.2, 0.25) is 0 Å². The average Bonchev–Trinajstić information content (AvgIpc) is 0.722. The Labute approximate surface area is 116 Å². The minimum absolute atomic E-state index is 0. The van der Waals surface area contributed by atoms with Crippen molar-refractivity contribution in [3.8, 4) is 0 Å². The minimum atomic E-state index is -4.67. The van der Waals surface area contributed by atoms with Crippen molar-refractivity contribution in [2.24, 2.45) is 0 Å². The molecule has 0 aromatic heterocycles. The SMILES string of the molecule is O.O=S(=O)(O)O.[AlH3].[Ca+2].[H-].[H-].[H-].[H-].[Mg+2]. The van der Waals surface area contributed by atoms with Gasteiger partial charge < -0.3 is 11.2 Å². The quantitative estimate of drug-likeness (QED) is 0.332. The summed E-state index contributed by atoms with van der Waals surface area (Å²) < 4.78 is 31.6. The molecule has 0 aromatic carbocycles. The fraction of sp³-hybridized carbons (Fsp3) is 0. The van der Waals surface area contributed by atoms with Gasteiger partial charge in [-0.3, -0.25) is 9.11 Å². The molecule has 0 fully saturated rings. The second-order valence-corrected chi connectivity index (χ2v) is 1.34. The van der Waals surface area contributed by atoms with Crippen LogP contribution >= 0.6 is 0 Å². The first-order valence-corrected chi connectivity index (χ1v) is 2.10. The van der Waals surface area contributed by atoms with Gasteiger partial charge in [0.15, 0.2) is 17.4 Å². The van der Waals surface area contributed by atoms with E-state index >= 15 is 0 Å². The summed E-state index contributed by atoms with van der Waals surface area (Å²) in [6.45, 7) is 0. The van der Waals surface area contributed by atoms with E-state index in [9.17, 15) is 0 Å². The van der Waals surface area contributed by atoms with E-state index in [0.29, 0.717) is 0 Å². The van der Waals surface area contributed by atoms with Crippen molar-refractivity contribution >= 4 is 88.6 Å². The molecule has 0 aliphatic rings. The molecule has 0 aromatic rings. The number of rotatable bonds is 0. The molecule has 0 unspecified atom stereocenters. The van der Waals surface area contributed by atoms with Crippen LogP contribution in [0.3, 0.4) is 0 Å². The average molecular weight is 215 g/mol. The van der Waals surface area contributed by atoms with Crippen LogP contribution in [0.2, 0.25) is 0 Å². The molecule has 0 aliphatic heterocycles. The van der Waals surface area contributed by atoms with E-state index in [1.807, 2.05) is 0 Å². The van der Waals surface area contributed by atoms with E-state index in [4.69, 9.17) is 17.5 Å². The first kappa shape index (κ1) is 30.1. The molecule has 0 aliphatic carbocycles. The molecule has 54 valence electrons. The van der Waals surface area contributed by atoms with Crippen LogP contribution in [0.5, 0.6) is 0 Å². The summed E-state index contributed by atoms with van der Waals surface area (Å²) in [6.07, 6.45) is 0. The van der Waals surface area contributed by atoms with Gasteiger partial charge in [0.05, 0.1) is 0 Å². The minimum Gasteiger partial charge on any atom is -1.00 e. The van der Waals surface area contributed by atoms with Crippen molar-refractivity contribution < 1.29 is 28.7 Å². The molecule has 4 N–H and O–H groups in total. The topological polar surface area (TPSA) is 106 Å². The van der Waals surface area contributed by atoms with E-state index in [1.165, 1.54) is 0 Å². The summed E-state index contributed by atoms with van der Waals surface area (Å²) >= 11 is 0. The standard InChI is InChI=1S/Al.Ca.Mg.H2O4S.H2O.7H/c;;;1-5(2,3)4;;;;;;;;/h;;;(H2,1,2,3,4);1H2;;;;;;;/q;2*+2;;;;;;4*-1. The maximum absolute atomic E-state index is 8.74. The Balaban J connectivity index is -0.00000000286. The molecular weight excluding hydrogens is 203 g/mol. The predicted octanol–water partition coefficient (Wildman–Crippen LogP) is -2.97. The van der Waals surface area contributed by atoms with Gasteiger partial charge in [0.1, 0.15) is 0 Å². The van der Waals surface area contributed by atoms with Crippen LogP contribution in [0.1, 0.15) is 5.71 Å². The fourth-order valence-corrected chi connectivity index (χ4v) is 0. The second kappa shape index (κ2) is 13.0. The summed E-state index contributed by atoms with van der Waals surface area (Å²) in [4.78, 5) is 0. The zero-order valence-electron chi connectivity index (χ0n) is 8.03. The molecule has 0 atom stereocenters. The first-order chi connectivity index (χ1) is 2.00. The normalized spacial score (nSPS) is 6.44. The molecule has 9 heavy (non-hydrogen) atoms. The summed E-state index contributed by atoms with van der Waals surface area (Å²) in [6, 6.07) is 0. The van der Waals surface area contributed by atoms with Crippen LogP contribution in [0.4, 0.5) is 0 Å². The van der Waals surface area contributed by atoms with Crippen LogP contribution in [0.25, 0.3) is 0 Å². The molecule has 5 nitrogen and oxygen atoms in total. The van der Waals surface area contributed by atoms with Gasteiger partial charge in [-0.25, -0.2) is 0 Å². The zero-order chi connectivity index (χ0) is 4.50. The largest absolute Gasteiger partial charge is 2.00 e. The Morgan fingerprint density at radius 3 is 1.22 bits per heavy atom. The Bertz CT molecular complexity index is 112. The van der Waals surface area contributed by atoms with E-state index < -0.39 is 10.4 Å². The molecule has 0 saturated carbocycles. The fourth-order valence-electron chi connectivity index (χ4n) is 0. The van der Waals surface area contributed by atoms with Crippen molar-refractivity contribution in [2.75, 3.05) is 0 Å². The smallest absolute Gasteiger partial charge is 1.00 e. The van der Waals surface area contributed by atoms with Crippen LogP contribution in [-0.4, -0.2) is 101 Å². The van der Waals surface area contributed by atoms with Crippen molar-refractivity contribution in [2.45, 2.75) is 0 Å². The summed E-state index contributed by atoms with van der Waals surface area (Å²) in [5.41, 5.74) is 0. The first-order valence-electron chi connectivity index (χ1n) is 0.698. The van der Waals surface area contributed by atoms with Gasteiger partial charge in [0, 0.05) is 0 Å². The van der Waals surface area contributed by atoms with E-state index in [0.717, 1.165) is 0 Å². The van der Waals surface area contributed by atoms with E-state index in [1.54, 1.807) is 0 Å². The third-order valence-electron chi connectivity index (χ3n) is 0. The molecule has 0 spiro atoms. The molecule has 9 heteroatoms. The Morgan fingerprint density at radius 2 is 1.22 bits per heavy atom. The third-order valence-corrected chi connectivity index (χ3v) is 0. The van der Waals surface area contributed by atoms with Crippen molar-refractivity contribution in [3.05, 3.63) is 0 Å². The zero-order valence-corrected chi connectivity index (χ0v) is 8.47. The number of hydrogen-bond acceptors (Lipinski definition) is 2. The molecular formula is H11AlCaMgO5S. The van der Waals surface area contributed by atoms with Crippen molar-refractivity contribution in [3.63, 3.8) is 0 Å². The van der Waals surface area contributed by atoms with Gasteiger partial charge in [-0.05, 0) is 0 Å². The van der Waals surface area contributed by atoms with Crippen LogP contribution < -0.4 is 0 Å². The van der Waals surface area contributed by atoms with E-state index in [2.05, 4.69) is 0 Å². The predicted molar refractivity (Wildman–Crippen MR) is 43.7 cm³/mol. The molecule has 0 rings (SSSR count). The maximum Gasteiger partial charge on any atom is 2.00 e. The Kier molecular flexibility index (Phi) is 43.5. The van der Waals surface area contributed by atoms with Gasteiger partial charge in [-0.15, -0.1) is 0 Å². The number of hydrogen-bond donors (Lipinski definition) is 2. The van der Waals surface area contributed by atoms with Gasteiger partial charge in [-0.2, -0.15) is 8.42 Å². The maximum atomic E-state index is 8.74. The summed E-state index contributed by atoms with van der Waals surface area (Å²) in [5.74, 6) is 0. The molecule has 0 bridgehead atoms. The van der Waals surface area contributed by atoms with Crippen LogP contribution in [0, 0.1) is 0 Å². The molecule has 0 radical (unpaired) electrons. The molecule has 0 amide bonds. The van der Waals surface area contributed by atoms with Gasteiger partial charge in [-0.1, -0.05) is 0 Å². The van der Waals surface area contributed by atoms with Crippen molar-refractivity contribution in [1.82, 2.24) is 0 Å². The van der Waals surface area contributed by atoms with Gasteiger partial charge >= 0.3 is 71.2 Å². The Morgan fingerprint density at radius 1 is 1.22 bits per heavy atom. The van der Waals surface area contributed by atoms with Crippen molar-refractivity contribution in [1.29, 1.82) is 0 Å². The van der Waals surface area contributed by atoms with Gasteiger partial charge in [0.25, 0.3) is 0 Å². The monoisotopic (exact) mass is 214 g/mol. The van der Waals surface area contributed by atoms with E-state index in [-0.39, 0.29) is 89.3 Å². The Hall–Kier alpha value is 2.39.